The van der Waals surface area contributed by atoms with Gasteiger partial charge >= 0.3 is 0 Å². The summed E-state index contributed by atoms with van der Waals surface area (Å²) in [5, 5.41) is 12.2. The number of nitrogens with one attached hydrogen (secondary N) is 1. The van der Waals surface area contributed by atoms with Crippen molar-refractivity contribution < 1.29 is 19.0 Å². The first-order valence-corrected chi connectivity index (χ1v) is 11.6. The number of amides is 1. The van der Waals surface area contributed by atoms with Crippen LogP contribution in [0.25, 0.3) is 17.1 Å². The van der Waals surface area contributed by atoms with Crippen LogP contribution in [-0.4, -0.2) is 44.8 Å². The van der Waals surface area contributed by atoms with Crippen LogP contribution in [-0.2, 0) is 4.79 Å². The molecule has 1 aliphatic rings. The lowest BCUT2D eigenvalue weighted by molar-refractivity contribution is -0.113. The SMILES string of the molecule is CCOc1ccc(-n2c(SCC(=O)Nc3ccc4c(c3)OCO4)nnc2-c2cccnc2)cc1. The summed E-state index contributed by atoms with van der Waals surface area (Å²) in [6.45, 7) is 2.72. The van der Waals surface area contributed by atoms with E-state index in [0.29, 0.717) is 34.8 Å². The summed E-state index contributed by atoms with van der Waals surface area (Å²) in [7, 11) is 0. The number of hydrogen-bond acceptors (Lipinski definition) is 8. The summed E-state index contributed by atoms with van der Waals surface area (Å²) < 4.78 is 18.1. The number of thioether (sulfide) groups is 1. The Morgan fingerprint density at radius 1 is 1.12 bits per heavy atom. The molecule has 3 heterocycles. The first kappa shape index (κ1) is 21.8. The Kier molecular flexibility index (Phi) is 6.30. The average molecular weight is 476 g/mol. The summed E-state index contributed by atoms with van der Waals surface area (Å²) in [5.41, 5.74) is 2.31. The second-order valence-corrected chi connectivity index (χ2v) is 8.16. The topological polar surface area (TPSA) is 100 Å². The summed E-state index contributed by atoms with van der Waals surface area (Å²) in [5.74, 6) is 2.67. The molecule has 2 aromatic carbocycles. The zero-order valence-corrected chi connectivity index (χ0v) is 19.1. The van der Waals surface area contributed by atoms with Crippen molar-refractivity contribution in [3.05, 3.63) is 67.0 Å². The molecule has 34 heavy (non-hydrogen) atoms. The van der Waals surface area contributed by atoms with Crippen LogP contribution < -0.4 is 19.5 Å². The number of anilines is 1. The number of aromatic nitrogens is 4. The van der Waals surface area contributed by atoms with Gasteiger partial charge in [0, 0.05) is 35.4 Å². The molecule has 0 atom stereocenters. The smallest absolute Gasteiger partial charge is 0.234 e. The number of rotatable bonds is 8. The van der Waals surface area contributed by atoms with Crippen molar-refractivity contribution >= 4 is 23.4 Å². The highest BCUT2D eigenvalue weighted by Crippen LogP contribution is 2.34. The van der Waals surface area contributed by atoms with Gasteiger partial charge in [0.25, 0.3) is 0 Å². The van der Waals surface area contributed by atoms with Gasteiger partial charge in [-0.25, -0.2) is 0 Å². The van der Waals surface area contributed by atoms with Gasteiger partial charge in [0.2, 0.25) is 12.7 Å². The predicted octanol–water partition coefficient (Wildman–Crippen LogP) is 4.19. The maximum Gasteiger partial charge on any atom is 0.234 e. The van der Waals surface area contributed by atoms with Gasteiger partial charge in [0.05, 0.1) is 12.4 Å². The molecule has 0 unspecified atom stereocenters. The lowest BCUT2D eigenvalue weighted by Gasteiger charge is -2.11. The molecule has 10 heteroatoms. The van der Waals surface area contributed by atoms with Gasteiger partial charge in [-0.05, 0) is 55.5 Å². The molecule has 0 spiro atoms. The van der Waals surface area contributed by atoms with Crippen molar-refractivity contribution in [2.45, 2.75) is 12.1 Å². The fourth-order valence-corrected chi connectivity index (χ4v) is 4.19. The third kappa shape index (κ3) is 4.67. The lowest BCUT2D eigenvalue weighted by Crippen LogP contribution is -2.14. The molecule has 172 valence electrons. The molecule has 5 rings (SSSR count). The lowest BCUT2D eigenvalue weighted by atomic mass is 10.2. The molecule has 2 aromatic heterocycles. The van der Waals surface area contributed by atoms with Crippen LogP contribution in [0.5, 0.6) is 17.2 Å². The number of fused-ring (bicyclic) bond motifs is 1. The predicted molar refractivity (Wildman–Crippen MR) is 128 cm³/mol. The van der Waals surface area contributed by atoms with Crippen molar-refractivity contribution in [2.75, 3.05) is 24.5 Å². The average Bonchev–Trinajstić information content (AvgIpc) is 3.51. The maximum absolute atomic E-state index is 12.6. The standard InChI is InChI=1S/C24H21N5O4S/c1-2-31-19-8-6-18(7-9-19)29-23(16-4-3-11-25-13-16)27-28-24(29)34-14-22(30)26-17-5-10-20-21(12-17)33-15-32-20/h3-13H,2,14-15H2,1H3,(H,26,30). The fraction of sp³-hybridized carbons (Fsp3) is 0.167. The van der Waals surface area contributed by atoms with Crippen molar-refractivity contribution in [1.29, 1.82) is 0 Å². The van der Waals surface area contributed by atoms with Gasteiger partial charge in [0.15, 0.2) is 22.5 Å². The van der Waals surface area contributed by atoms with E-state index in [-0.39, 0.29) is 18.5 Å². The van der Waals surface area contributed by atoms with E-state index in [9.17, 15) is 4.79 Å². The molecule has 0 bridgehead atoms. The fourth-order valence-electron chi connectivity index (χ4n) is 3.44. The number of pyridine rings is 1. The van der Waals surface area contributed by atoms with E-state index < -0.39 is 0 Å². The van der Waals surface area contributed by atoms with E-state index in [1.807, 2.05) is 47.9 Å². The Balaban J connectivity index is 1.36. The van der Waals surface area contributed by atoms with E-state index in [2.05, 4.69) is 20.5 Å². The van der Waals surface area contributed by atoms with E-state index in [1.165, 1.54) is 11.8 Å². The first-order valence-electron chi connectivity index (χ1n) is 10.6. The maximum atomic E-state index is 12.6. The van der Waals surface area contributed by atoms with Gasteiger partial charge < -0.3 is 19.5 Å². The molecule has 0 saturated carbocycles. The molecular weight excluding hydrogens is 454 g/mol. The van der Waals surface area contributed by atoms with Crippen molar-refractivity contribution in [1.82, 2.24) is 19.7 Å². The quantitative estimate of drug-likeness (QED) is 0.379. The van der Waals surface area contributed by atoms with Crippen LogP contribution in [0.3, 0.4) is 0 Å². The highest BCUT2D eigenvalue weighted by atomic mass is 32.2. The Morgan fingerprint density at radius 3 is 2.76 bits per heavy atom. The number of benzene rings is 2. The third-order valence-electron chi connectivity index (χ3n) is 4.95. The number of carbonyl (C=O) groups is 1. The molecule has 9 nitrogen and oxygen atoms in total. The van der Waals surface area contributed by atoms with Crippen LogP contribution in [0.1, 0.15) is 6.92 Å². The van der Waals surface area contributed by atoms with E-state index in [4.69, 9.17) is 14.2 Å². The van der Waals surface area contributed by atoms with Crippen LogP contribution in [0.15, 0.2) is 72.1 Å². The highest BCUT2D eigenvalue weighted by molar-refractivity contribution is 7.99. The largest absolute Gasteiger partial charge is 0.494 e. The molecule has 1 N–H and O–H groups in total. The van der Waals surface area contributed by atoms with Crippen LogP contribution in [0.2, 0.25) is 0 Å². The van der Waals surface area contributed by atoms with Crippen LogP contribution >= 0.6 is 11.8 Å². The zero-order valence-electron chi connectivity index (χ0n) is 18.3. The summed E-state index contributed by atoms with van der Waals surface area (Å²) in [6, 6.07) is 16.7. The molecule has 0 fully saturated rings. The van der Waals surface area contributed by atoms with Crippen LogP contribution in [0, 0.1) is 0 Å². The van der Waals surface area contributed by atoms with Gasteiger partial charge in [0.1, 0.15) is 5.75 Å². The van der Waals surface area contributed by atoms with Crippen molar-refractivity contribution in [3.63, 3.8) is 0 Å². The molecule has 4 aromatic rings. The molecule has 1 amide bonds. The molecule has 1 aliphatic heterocycles. The number of ether oxygens (including phenoxy) is 3. The van der Waals surface area contributed by atoms with Gasteiger partial charge in [-0.2, -0.15) is 0 Å². The first-order chi connectivity index (χ1) is 16.7. The highest BCUT2D eigenvalue weighted by Gasteiger charge is 2.18. The van der Waals surface area contributed by atoms with Crippen LogP contribution in [0.4, 0.5) is 5.69 Å². The summed E-state index contributed by atoms with van der Waals surface area (Å²) in [6.07, 6.45) is 3.44. The Hall–Kier alpha value is -4.05. The Labute approximate surface area is 200 Å². The van der Waals surface area contributed by atoms with Crippen molar-refractivity contribution in [2.24, 2.45) is 0 Å². The Bertz CT molecular complexity index is 1290. The summed E-state index contributed by atoms with van der Waals surface area (Å²) >= 11 is 1.29. The second-order valence-electron chi connectivity index (χ2n) is 7.22. The van der Waals surface area contributed by atoms with E-state index in [1.54, 1.807) is 30.6 Å². The monoisotopic (exact) mass is 475 g/mol. The number of nitrogens with zero attached hydrogens (tertiary/aromatic N) is 4. The minimum Gasteiger partial charge on any atom is -0.494 e. The van der Waals surface area contributed by atoms with Gasteiger partial charge in [-0.3, -0.25) is 14.3 Å². The normalized spacial score (nSPS) is 11.9. The molecule has 0 saturated heterocycles. The van der Waals surface area contributed by atoms with Gasteiger partial charge in [-0.1, -0.05) is 11.8 Å². The minimum atomic E-state index is -0.173. The van der Waals surface area contributed by atoms with E-state index in [0.717, 1.165) is 17.0 Å². The van der Waals surface area contributed by atoms with E-state index >= 15 is 0 Å². The minimum absolute atomic E-state index is 0.149. The molecule has 0 aliphatic carbocycles. The number of carbonyl (C=O) groups excluding carboxylic acids is 1. The van der Waals surface area contributed by atoms with Gasteiger partial charge in [-0.15, -0.1) is 10.2 Å². The second kappa shape index (κ2) is 9.84. The number of hydrogen-bond donors (Lipinski definition) is 1. The molecular formula is C24H21N5O4S. The zero-order chi connectivity index (χ0) is 23.3. The summed E-state index contributed by atoms with van der Waals surface area (Å²) in [4.78, 5) is 16.8. The third-order valence-corrected chi connectivity index (χ3v) is 5.88. The Morgan fingerprint density at radius 2 is 1.97 bits per heavy atom. The van der Waals surface area contributed by atoms with Crippen molar-refractivity contribution in [3.8, 4) is 34.3 Å². The molecule has 0 radical (unpaired) electrons.